The number of benzene rings is 3. The van der Waals surface area contributed by atoms with Crippen molar-refractivity contribution >= 4 is 21.8 Å². The molecule has 2 aromatic heterocycles. The van der Waals surface area contributed by atoms with Gasteiger partial charge in [-0.1, -0.05) is 55.8 Å². The summed E-state index contributed by atoms with van der Waals surface area (Å²) in [5.41, 5.74) is 5.99. The molecule has 0 bridgehead atoms. The standard InChI is InChI=1S/C30H30FN2O.BrH/c1-3-4-17-33-29-19-26(34-21-24-10-12-25(31)13-11-24)14-15-27(29)28-16-18-32(22(2)30(28)33)20-23-8-6-5-7-9-23;/h5-16,18-19H,3-4,17,20-21H2,1-2H3;1H/q+1;/p-1. The predicted octanol–water partition coefficient (Wildman–Crippen LogP) is 3.96. The van der Waals surface area contributed by atoms with Gasteiger partial charge in [0, 0.05) is 41.9 Å². The van der Waals surface area contributed by atoms with Gasteiger partial charge in [0.05, 0.1) is 5.52 Å². The van der Waals surface area contributed by atoms with Gasteiger partial charge in [-0.15, -0.1) is 0 Å². The van der Waals surface area contributed by atoms with Crippen molar-refractivity contribution in [1.82, 2.24) is 4.57 Å². The average Bonchev–Trinajstić information content (AvgIpc) is 3.18. The van der Waals surface area contributed by atoms with Crippen LogP contribution >= 0.6 is 0 Å². The number of unbranched alkanes of at least 4 members (excludes halogenated alkanes) is 1. The molecule has 0 spiro atoms. The van der Waals surface area contributed by atoms with Gasteiger partial charge in [0.2, 0.25) is 5.69 Å². The molecule has 35 heavy (non-hydrogen) atoms. The molecule has 5 heteroatoms. The minimum Gasteiger partial charge on any atom is -1.00 e. The zero-order valence-electron chi connectivity index (χ0n) is 20.2. The van der Waals surface area contributed by atoms with Crippen LogP contribution in [0.4, 0.5) is 4.39 Å². The summed E-state index contributed by atoms with van der Waals surface area (Å²) in [7, 11) is 0. The van der Waals surface area contributed by atoms with Gasteiger partial charge < -0.3 is 26.3 Å². The number of hydrogen-bond donors (Lipinski definition) is 0. The second kappa shape index (κ2) is 11.0. The summed E-state index contributed by atoms with van der Waals surface area (Å²) in [6.07, 6.45) is 4.46. The molecule has 0 saturated carbocycles. The van der Waals surface area contributed by atoms with Crippen molar-refractivity contribution in [3.05, 3.63) is 108 Å². The summed E-state index contributed by atoms with van der Waals surface area (Å²) in [6.45, 7) is 6.68. The monoisotopic (exact) mass is 532 g/mol. The zero-order chi connectivity index (χ0) is 23.5. The maximum absolute atomic E-state index is 13.2. The first-order valence-electron chi connectivity index (χ1n) is 12.0. The fourth-order valence-electron chi connectivity index (χ4n) is 4.66. The Morgan fingerprint density at radius 2 is 1.66 bits per heavy atom. The summed E-state index contributed by atoms with van der Waals surface area (Å²) >= 11 is 0. The van der Waals surface area contributed by atoms with Crippen LogP contribution in [0.2, 0.25) is 0 Å². The molecule has 0 radical (unpaired) electrons. The first-order chi connectivity index (χ1) is 16.6. The first kappa shape index (κ1) is 24.9. The quantitative estimate of drug-likeness (QED) is 0.276. The second-order valence-corrected chi connectivity index (χ2v) is 8.88. The van der Waals surface area contributed by atoms with E-state index in [1.54, 1.807) is 12.1 Å². The van der Waals surface area contributed by atoms with Crippen LogP contribution in [0.3, 0.4) is 0 Å². The molecule has 0 N–H and O–H groups in total. The van der Waals surface area contributed by atoms with E-state index in [0.717, 1.165) is 37.2 Å². The largest absolute Gasteiger partial charge is 1.00 e. The second-order valence-electron chi connectivity index (χ2n) is 8.88. The Balaban J connectivity index is 0.00000289. The van der Waals surface area contributed by atoms with Crippen LogP contribution in [0.15, 0.2) is 85.1 Å². The number of fused-ring (bicyclic) bond motifs is 3. The molecule has 0 fully saturated rings. The fourth-order valence-corrected chi connectivity index (χ4v) is 4.66. The molecule has 0 unspecified atom stereocenters. The molecule has 180 valence electrons. The third-order valence-electron chi connectivity index (χ3n) is 6.52. The zero-order valence-corrected chi connectivity index (χ0v) is 21.8. The minimum atomic E-state index is -0.231. The highest BCUT2D eigenvalue weighted by molar-refractivity contribution is 6.08. The minimum absolute atomic E-state index is 0. The van der Waals surface area contributed by atoms with Gasteiger partial charge in [0.15, 0.2) is 12.7 Å². The predicted molar refractivity (Wildman–Crippen MR) is 136 cm³/mol. The van der Waals surface area contributed by atoms with Crippen molar-refractivity contribution < 1.29 is 30.7 Å². The van der Waals surface area contributed by atoms with E-state index in [4.69, 9.17) is 4.74 Å². The van der Waals surface area contributed by atoms with Crippen molar-refractivity contribution in [3.8, 4) is 5.75 Å². The van der Waals surface area contributed by atoms with E-state index in [0.29, 0.717) is 6.61 Å². The highest BCUT2D eigenvalue weighted by Crippen LogP contribution is 2.33. The third-order valence-corrected chi connectivity index (χ3v) is 6.52. The molecular weight excluding hydrogens is 503 g/mol. The summed E-state index contributed by atoms with van der Waals surface area (Å²) in [5.74, 6) is 0.595. The van der Waals surface area contributed by atoms with Crippen LogP contribution in [0.25, 0.3) is 21.8 Å². The Morgan fingerprint density at radius 1 is 0.886 bits per heavy atom. The summed E-state index contributed by atoms with van der Waals surface area (Å²) in [4.78, 5) is 0. The van der Waals surface area contributed by atoms with Gasteiger partial charge in [-0.25, -0.2) is 4.39 Å². The van der Waals surface area contributed by atoms with Crippen LogP contribution in [0.5, 0.6) is 5.75 Å². The van der Waals surface area contributed by atoms with Crippen molar-refractivity contribution in [3.63, 3.8) is 0 Å². The Kier molecular flexibility index (Phi) is 7.86. The summed E-state index contributed by atoms with van der Waals surface area (Å²) < 4.78 is 24.1. The molecule has 2 heterocycles. The third kappa shape index (κ3) is 5.25. The van der Waals surface area contributed by atoms with E-state index >= 15 is 0 Å². The van der Waals surface area contributed by atoms with Gasteiger partial charge in [-0.2, -0.15) is 4.57 Å². The van der Waals surface area contributed by atoms with Crippen molar-refractivity contribution in [2.24, 2.45) is 0 Å². The molecule has 3 aromatic carbocycles. The van der Waals surface area contributed by atoms with E-state index in [1.165, 1.54) is 45.2 Å². The number of nitrogens with zero attached hydrogens (tertiary/aromatic N) is 2. The smallest absolute Gasteiger partial charge is 0.203 e. The van der Waals surface area contributed by atoms with E-state index < -0.39 is 0 Å². The number of ether oxygens (including phenoxy) is 1. The van der Waals surface area contributed by atoms with Gasteiger partial charge in [0.1, 0.15) is 23.7 Å². The van der Waals surface area contributed by atoms with Crippen molar-refractivity contribution in [2.45, 2.75) is 46.4 Å². The SMILES string of the molecule is CCCCn1c2cc(OCc3ccc(F)cc3)ccc2c2cc[n+](Cc3ccccc3)c(C)c21.[Br-]. The molecule has 0 saturated heterocycles. The lowest BCUT2D eigenvalue weighted by atomic mass is 10.1. The van der Waals surface area contributed by atoms with E-state index in [9.17, 15) is 4.39 Å². The molecule has 3 nitrogen and oxygen atoms in total. The van der Waals surface area contributed by atoms with Crippen LogP contribution in [0, 0.1) is 12.7 Å². The molecule has 0 aliphatic rings. The Morgan fingerprint density at radius 3 is 2.40 bits per heavy atom. The molecule has 5 aromatic rings. The van der Waals surface area contributed by atoms with E-state index in [1.807, 2.05) is 6.07 Å². The number of pyridine rings is 1. The van der Waals surface area contributed by atoms with Crippen molar-refractivity contribution in [1.29, 1.82) is 0 Å². The van der Waals surface area contributed by atoms with Crippen molar-refractivity contribution in [2.75, 3.05) is 0 Å². The lowest BCUT2D eigenvalue weighted by molar-refractivity contribution is -0.693. The number of rotatable bonds is 8. The molecular formula is C30H30BrFN2O. The van der Waals surface area contributed by atoms with Gasteiger partial charge in [-0.3, -0.25) is 0 Å². The van der Waals surface area contributed by atoms with Crippen LogP contribution in [-0.2, 0) is 19.7 Å². The number of aryl methyl sites for hydroxylation is 2. The van der Waals surface area contributed by atoms with Gasteiger partial charge >= 0.3 is 0 Å². The summed E-state index contributed by atoms with van der Waals surface area (Å²) in [6, 6.07) is 25.7. The lowest BCUT2D eigenvalue weighted by Gasteiger charge is -2.10. The molecule has 0 aliphatic carbocycles. The molecule has 0 aliphatic heterocycles. The molecule has 5 rings (SSSR count). The van der Waals surface area contributed by atoms with Gasteiger partial charge in [-0.05, 0) is 36.2 Å². The average molecular weight is 533 g/mol. The highest BCUT2D eigenvalue weighted by atomic mass is 79.9. The first-order valence-corrected chi connectivity index (χ1v) is 12.0. The topological polar surface area (TPSA) is 18.0 Å². The maximum atomic E-state index is 13.2. The van der Waals surface area contributed by atoms with Gasteiger partial charge in [0.25, 0.3) is 0 Å². The number of aromatic nitrogens is 2. The highest BCUT2D eigenvalue weighted by Gasteiger charge is 2.20. The normalized spacial score (nSPS) is 11.1. The van der Waals surface area contributed by atoms with E-state index in [-0.39, 0.29) is 22.8 Å². The summed E-state index contributed by atoms with van der Waals surface area (Å²) in [5, 5.41) is 2.52. The Labute approximate surface area is 216 Å². The maximum Gasteiger partial charge on any atom is 0.203 e. The van der Waals surface area contributed by atoms with Crippen LogP contribution in [-0.4, -0.2) is 4.57 Å². The number of halogens is 2. The molecule has 0 atom stereocenters. The molecule has 0 amide bonds. The fraction of sp³-hybridized carbons (Fsp3) is 0.233. The number of hydrogen-bond acceptors (Lipinski definition) is 1. The Bertz CT molecular complexity index is 1430. The van der Waals surface area contributed by atoms with Crippen LogP contribution in [0.1, 0.15) is 36.6 Å². The van der Waals surface area contributed by atoms with Crippen LogP contribution < -0.4 is 26.3 Å². The van der Waals surface area contributed by atoms with E-state index in [2.05, 4.69) is 77.7 Å². The Hall–Kier alpha value is -3.18. The lowest BCUT2D eigenvalue weighted by Crippen LogP contribution is -3.00.